The van der Waals surface area contributed by atoms with E-state index in [2.05, 4.69) is 0 Å². The van der Waals surface area contributed by atoms with Gasteiger partial charge in [-0.2, -0.15) is 13.2 Å². The van der Waals surface area contributed by atoms with Gasteiger partial charge in [0.2, 0.25) is 0 Å². The molecule has 6 heteroatoms. The number of phenolic OH excluding ortho intramolecular Hbond substituents is 1. The molecular formula is C23H27F3O3. The lowest BCUT2D eigenvalue weighted by Crippen LogP contribution is -2.34. The molecule has 1 aliphatic carbocycles. The molecule has 2 N–H and O–H groups in total. The van der Waals surface area contributed by atoms with Crippen molar-refractivity contribution in [2.45, 2.75) is 64.5 Å². The van der Waals surface area contributed by atoms with Crippen LogP contribution in [0.15, 0.2) is 42.0 Å². The predicted molar refractivity (Wildman–Crippen MR) is 108 cm³/mol. The Hall–Kier alpha value is -2.50. The molecule has 3 nitrogen and oxygen atoms in total. The van der Waals surface area contributed by atoms with Crippen LogP contribution in [0.5, 0.6) is 5.75 Å². The largest absolute Gasteiger partial charge is 0.507 e. The normalized spacial score (nSPS) is 19.3. The summed E-state index contributed by atoms with van der Waals surface area (Å²) in [6.45, 7) is 9.53. The van der Waals surface area contributed by atoms with E-state index in [0.717, 1.165) is 42.2 Å². The summed E-state index contributed by atoms with van der Waals surface area (Å²) in [5, 5.41) is 19.2. The number of halogens is 3. The molecule has 0 bridgehead atoms. The molecule has 0 spiro atoms. The quantitative estimate of drug-likeness (QED) is 0.456. The van der Waals surface area contributed by atoms with Crippen molar-refractivity contribution in [3.63, 3.8) is 0 Å². The average molecular weight is 408 g/mol. The van der Waals surface area contributed by atoms with Gasteiger partial charge in [-0.1, -0.05) is 39.8 Å². The van der Waals surface area contributed by atoms with Gasteiger partial charge < -0.3 is 10.2 Å². The van der Waals surface area contributed by atoms with Gasteiger partial charge in [0.15, 0.2) is 0 Å². The van der Waals surface area contributed by atoms with Gasteiger partial charge in [-0.3, -0.25) is 0 Å². The smallest absolute Gasteiger partial charge is 0.417 e. The molecule has 0 aliphatic heterocycles. The van der Waals surface area contributed by atoms with Crippen molar-refractivity contribution >= 4 is 11.5 Å². The Kier molecular flexibility index (Phi) is 6.07. The number of phenols is 1. The van der Waals surface area contributed by atoms with Crippen LogP contribution in [-0.2, 0) is 15.6 Å². The van der Waals surface area contributed by atoms with Crippen molar-refractivity contribution in [1.82, 2.24) is 0 Å². The second kappa shape index (κ2) is 7.73. The maximum atomic E-state index is 13.8. The van der Waals surface area contributed by atoms with E-state index in [4.69, 9.17) is 5.11 Å². The van der Waals surface area contributed by atoms with Gasteiger partial charge in [-0.25, -0.2) is 4.79 Å². The third-order valence-electron chi connectivity index (χ3n) is 5.54. The summed E-state index contributed by atoms with van der Waals surface area (Å²) < 4.78 is 41.3. The molecule has 0 amide bonds. The van der Waals surface area contributed by atoms with Crippen LogP contribution in [-0.4, -0.2) is 22.4 Å². The van der Waals surface area contributed by atoms with Crippen molar-refractivity contribution in [3.8, 4) is 5.75 Å². The molecule has 0 saturated carbocycles. The summed E-state index contributed by atoms with van der Waals surface area (Å²) in [6.07, 6.45) is 1.22. The number of alkyl halides is 3. The van der Waals surface area contributed by atoms with Crippen LogP contribution in [0, 0.1) is 0 Å². The molecule has 29 heavy (non-hydrogen) atoms. The minimum absolute atomic E-state index is 0.235. The van der Waals surface area contributed by atoms with Crippen molar-refractivity contribution in [2.24, 2.45) is 0 Å². The summed E-state index contributed by atoms with van der Waals surface area (Å²) in [6, 6.07) is 2.92. The zero-order valence-electron chi connectivity index (χ0n) is 17.3. The summed E-state index contributed by atoms with van der Waals surface area (Å²) in [5.41, 5.74) is 0.188. The van der Waals surface area contributed by atoms with Crippen LogP contribution in [0.4, 0.5) is 13.2 Å². The molecule has 0 aromatic heterocycles. The lowest BCUT2D eigenvalue weighted by Gasteiger charge is -2.42. The number of fused-ring (bicyclic) bond motifs is 1. The van der Waals surface area contributed by atoms with Gasteiger partial charge in [0.05, 0.1) is 5.57 Å². The summed E-state index contributed by atoms with van der Waals surface area (Å²) in [4.78, 5) is 10.6. The average Bonchev–Trinajstić information content (AvgIpc) is 2.54. The molecule has 0 fully saturated rings. The molecule has 0 atom stereocenters. The summed E-state index contributed by atoms with van der Waals surface area (Å²) in [5.74, 6) is -1.59. The Bertz CT molecular complexity index is 901. The van der Waals surface area contributed by atoms with Crippen molar-refractivity contribution in [1.29, 1.82) is 0 Å². The zero-order chi connectivity index (χ0) is 22.2. The molecule has 0 unspecified atom stereocenters. The maximum absolute atomic E-state index is 13.8. The maximum Gasteiger partial charge on any atom is 0.417 e. The fraction of sp³-hybridized carbons (Fsp3) is 0.435. The first-order valence-corrected chi connectivity index (χ1v) is 9.40. The first-order valence-electron chi connectivity index (χ1n) is 9.40. The molecule has 2 rings (SSSR count). The van der Waals surface area contributed by atoms with Crippen molar-refractivity contribution in [3.05, 3.63) is 58.7 Å². The van der Waals surface area contributed by atoms with Crippen LogP contribution in [0.1, 0.15) is 64.2 Å². The molecule has 158 valence electrons. The van der Waals surface area contributed by atoms with E-state index in [-0.39, 0.29) is 16.4 Å². The second-order valence-corrected chi connectivity index (χ2v) is 8.85. The van der Waals surface area contributed by atoms with Gasteiger partial charge in [0.1, 0.15) is 5.75 Å². The first-order chi connectivity index (χ1) is 13.1. The van der Waals surface area contributed by atoms with E-state index >= 15 is 0 Å². The minimum Gasteiger partial charge on any atom is -0.507 e. The fourth-order valence-electron chi connectivity index (χ4n) is 3.69. The zero-order valence-corrected chi connectivity index (χ0v) is 17.3. The number of carbonyl (C=O) groups is 1. The molecule has 1 aromatic carbocycles. The summed E-state index contributed by atoms with van der Waals surface area (Å²) in [7, 11) is 0. The lowest BCUT2D eigenvalue weighted by atomic mass is 9.62. The third-order valence-corrected chi connectivity index (χ3v) is 5.54. The number of carboxylic acids is 1. The Labute approximate surface area is 169 Å². The first kappa shape index (κ1) is 22.8. The highest BCUT2D eigenvalue weighted by atomic mass is 19.4. The highest BCUT2D eigenvalue weighted by Gasteiger charge is 2.41. The fourth-order valence-corrected chi connectivity index (χ4v) is 3.69. The van der Waals surface area contributed by atoms with Crippen LogP contribution < -0.4 is 0 Å². The van der Waals surface area contributed by atoms with Crippen molar-refractivity contribution in [2.75, 3.05) is 0 Å². The number of aromatic hydroxyl groups is 1. The molecular weight excluding hydrogens is 381 g/mol. The third kappa shape index (κ3) is 5.11. The van der Waals surface area contributed by atoms with Gasteiger partial charge in [-0.05, 0) is 65.5 Å². The molecule has 0 heterocycles. The highest BCUT2D eigenvalue weighted by molar-refractivity contribution is 5.81. The van der Waals surface area contributed by atoms with E-state index < -0.39 is 23.5 Å². The monoisotopic (exact) mass is 408 g/mol. The standard InChI is InChI=1S/C23H27F3O3/c1-14(11-20(28)29)7-6-8-16(23(24,25)26)15-12-17-18(13-19(15)27)22(4,5)10-9-21(17,2)3/h6-8,11-13,27H,9-10H2,1-5H3,(H,28,29)/b7-6+,14-11+,16-8+. The van der Waals surface area contributed by atoms with Crippen LogP contribution in [0.2, 0.25) is 0 Å². The number of benzene rings is 1. The Morgan fingerprint density at radius 1 is 1.07 bits per heavy atom. The minimum atomic E-state index is -4.69. The SMILES string of the molecule is CC(/C=C/C=C(\c1cc2c(cc1O)C(C)(C)CCC2(C)C)C(F)(F)F)=C\C(=O)O. The Morgan fingerprint density at radius 3 is 2.07 bits per heavy atom. The number of rotatable bonds is 4. The molecule has 1 aliphatic rings. The number of hydrogen-bond donors (Lipinski definition) is 2. The predicted octanol–water partition coefficient (Wildman–Crippen LogP) is 6.27. The van der Waals surface area contributed by atoms with E-state index in [9.17, 15) is 23.1 Å². The van der Waals surface area contributed by atoms with E-state index in [1.807, 2.05) is 27.7 Å². The topological polar surface area (TPSA) is 57.5 Å². The summed E-state index contributed by atoms with van der Waals surface area (Å²) >= 11 is 0. The van der Waals surface area contributed by atoms with E-state index in [1.54, 1.807) is 0 Å². The highest BCUT2D eigenvalue weighted by Crippen LogP contribution is 2.49. The number of hydrogen-bond acceptors (Lipinski definition) is 2. The van der Waals surface area contributed by atoms with Gasteiger partial charge in [0.25, 0.3) is 0 Å². The molecule has 1 aromatic rings. The number of aliphatic carboxylic acids is 1. The lowest BCUT2D eigenvalue weighted by molar-refractivity contribution is -0.131. The van der Waals surface area contributed by atoms with E-state index in [0.29, 0.717) is 5.57 Å². The Morgan fingerprint density at radius 2 is 1.59 bits per heavy atom. The van der Waals surface area contributed by atoms with Crippen LogP contribution in [0.3, 0.4) is 0 Å². The van der Waals surface area contributed by atoms with Crippen molar-refractivity contribution < 1.29 is 28.2 Å². The molecule has 0 saturated heterocycles. The molecule has 0 radical (unpaired) electrons. The Balaban J connectivity index is 2.63. The number of carboxylic acid groups (broad SMARTS) is 1. The van der Waals surface area contributed by atoms with E-state index in [1.165, 1.54) is 25.1 Å². The van der Waals surface area contributed by atoms with Gasteiger partial charge in [-0.15, -0.1) is 0 Å². The second-order valence-electron chi connectivity index (χ2n) is 8.85. The van der Waals surface area contributed by atoms with Gasteiger partial charge >= 0.3 is 12.1 Å². The van der Waals surface area contributed by atoms with Gasteiger partial charge in [0, 0.05) is 11.6 Å². The van der Waals surface area contributed by atoms with Crippen LogP contribution in [0.25, 0.3) is 5.57 Å². The number of allylic oxidation sites excluding steroid dienone is 5. The van der Waals surface area contributed by atoms with Crippen LogP contribution >= 0.6 is 0 Å².